The fourth-order valence-corrected chi connectivity index (χ4v) is 2.08. The Kier molecular flexibility index (Phi) is 3.55. The van der Waals surface area contributed by atoms with Crippen molar-refractivity contribution in [3.05, 3.63) is 35.6 Å². The number of hydrogen-bond donors (Lipinski definition) is 1. The van der Waals surface area contributed by atoms with E-state index in [0.717, 1.165) is 6.07 Å². The van der Waals surface area contributed by atoms with E-state index in [4.69, 9.17) is 0 Å². The monoisotopic (exact) mass is 270 g/mol. The number of aromatic hydroxyl groups is 1. The van der Waals surface area contributed by atoms with Crippen LogP contribution in [0.5, 0.6) is 11.5 Å². The van der Waals surface area contributed by atoms with Crippen molar-refractivity contribution >= 4 is 10.8 Å². The molecule has 5 heteroatoms. The summed E-state index contributed by atoms with van der Waals surface area (Å²) in [6, 6.07) is 5.29. The van der Waals surface area contributed by atoms with Crippen molar-refractivity contribution in [1.29, 1.82) is 0 Å². The third-order valence-corrected chi connectivity index (χ3v) is 2.87. The van der Waals surface area contributed by atoms with Gasteiger partial charge in [0.1, 0.15) is 5.75 Å². The summed E-state index contributed by atoms with van der Waals surface area (Å²) in [6.07, 6.45) is 0. The zero-order valence-corrected chi connectivity index (χ0v) is 10.5. The van der Waals surface area contributed by atoms with E-state index in [1.54, 1.807) is 0 Å². The molecule has 102 valence electrons. The SMILES string of the molecule is CC(C)c1cc(O)cc2ccc(F)c(OC(F)F)c12. The summed E-state index contributed by atoms with van der Waals surface area (Å²) in [5, 5.41) is 10.3. The molecule has 0 saturated carbocycles. The molecule has 2 nitrogen and oxygen atoms in total. The smallest absolute Gasteiger partial charge is 0.387 e. The summed E-state index contributed by atoms with van der Waals surface area (Å²) >= 11 is 0. The minimum absolute atomic E-state index is 0.00538. The van der Waals surface area contributed by atoms with E-state index in [1.165, 1.54) is 18.2 Å². The van der Waals surface area contributed by atoms with Crippen molar-refractivity contribution < 1.29 is 23.0 Å². The van der Waals surface area contributed by atoms with Crippen molar-refractivity contribution in [3.8, 4) is 11.5 Å². The molecule has 0 atom stereocenters. The molecule has 0 saturated heterocycles. The Balaban J connectivity index is 2.81. The fraction of sp³-hybridized carbons (Fsp3) is 0.286. The molecule has 2 aromatic rings. The van der Waals surface area contributed by atoms with Crippen molar-refractivity contribution in [2.75, 3.05) is 0 Å². The van der Waals surface area contributed by atoms with Gasteiger partial charge in [0.2, 0.25) is 0 Å². The summed E-state index contributed by atoms with van der Waals surface area (Å²) in [6.45, 7) is 0.546. The summed E-state index contributed by atoms with van der Waals surface area (Å²) in [5.74, 6) is -1.39. The number of hydrogen-bond acceptors (Lipinski definition) is 2. The Morgan fingerprint density at radius 2 is 1.84 bits per heavy atom. The molecule has 1 N–H and O–H groups in total. The van der Waals surface area contributed by atoms with Gasteiger partial charge in [-0.15, -0.1) is 0 Å². The van der Waals surface area contributed by atoms with Gasteiger partial charge in [0.05, 0.1) is 0 Å². The molecule has 0 heterocycles. The van der Waals surface area contributed by atoms with Gasteiger partial charge in [-0.1, -0.05) is 19.9 Å². The Hall–Kier alpha value is -1.91. The minimum atomic E-state index is -3.10. The van der Waals surface area contributed by atoms with Crippen LogP contribution in [0.25, 0.3) is 10.8 Å². The molecule has 0 bridgehead atoms. The van der Waals surface area contributed by atoms with Crippen LogP contribution in [-0.4, -0.2) is 11.7 Å². The molecule has 0 amide bonds. The van der Waals surface area contributed by atoms with Crippen molar-refractivity contribution in [2.45, 2.75) is 26.4 Å². The molecule has 2 aromatic carbocycles. The van der Waals surface area contributed by atoms with E-state index in [1.807, 2.05) is 13.8 Å². The van der Waals surface area contributed by atoms with Crippen molar-refractivity contribution in [2.24, 2.45) is 0 Å². The summed E-state index contributed by atoms with van der Waals surface area (Å²) in [4.78, 5) is 0. The lowest BCUT2D eigenvalue weighted by molar-refractivity contribution is -0.0511. The number of ether oxygens (including phenoxy) is 1. The van der Waals surface area contributed by atoms with Gasteiger partial charge in [-0.2, -0.15) is 8.78 Å². The quantitative estimate of drug-likeness (QED) is 0.895. The lowest BCUT2D eigenvalue weighted by Crippen LogP contribution is -2.05. The van der Waals surface area contributed by atoms with Crippen LogP contribution in [0.1, 0.15) is 25.3 Å². The zero-order chi connectivity index (χ0) is 14.2. The first kappa shape index (κ1) is 13.5. The molecule has 0 aromatic heterocycles. The highest BCUT2D eigenvalue weighted by Crippen LogP contribution is 2.38. The normalized spacial score (nSPS) is 11.5. The van der Waals surface area contributed by atoms with E-state index in [9.17, 15) is 18.3 Å². The van der Waals surface area contributed by atoms with E-state index in [2.05, 4.69) is 4.74 Å². The molecule has 0 unspecified atom stereocenters. The van der Waals surface area contributed by atoms with Crippen molar-refractivity contribution in [3.63, 3.8) is 0 Å². The van der Waals surface area contributed by atoms with Gasteiger partial charge in [-0.05, 0) is 35.1 Å². The maximum atomic E-state index is 13.7. The van der Waals surface area contributed by atoms with E-state index < -0.39 is 18.2 Å². The van der Waals surface area contributed by atoms with Crippen molar-refractivity contribution in [1.82, 2.24) is 0 Å². The number of halogens is 3. The molecule has 0 radical (unpaired) electrons. The van der Waals surface area contributed by atoms with E-state index >= 15 is 0 Å². The van der Waals surface area contributed by atoms with Crippen LogP contribution in [0.2, 0.25) is 0 Å². The third-order valence-electron chi connectivity index (χ3n) is 2.87. The highest BCUT2D eigenvalue weighted by molar-refractivity contribution is 5.93. The van der Waals surface area contributed by atoms with Crippen LogP contribution < -0.4 is 4.74 Å². The second-order valence-corrected chi connectivity index (χ2v) is 4.54. The Bertz CT molecular complexity index is 609. The predicted octanol–water partition coefficient (Wildman–Crippen LogP) is 4.41. The lowest BCUT2D eigenvalue weighted by Gasteiger charge is -2.15. The summed E-state index contributed by atoms with van der Waals surface area (Å²) in [7, 11) is 0. The Morgan fingerprint density at radius 3 is 2.42 bits per heavy atom. The molecule has 2 rings (SSSR count). The molecule has 0 aliphatic rings. The van der Waals surface area contributed by atoms with Crippen LogP contribution in [0.3, 0.4) is 0 Å². The largest absolute Gasteiger partial charge is 0.508 e. The van der Waals surface area contributed by atoms with E-state index in [-0.39, 0.29) is 17.1 Å². The van der Waals surface area contributed by atoms with Gasteiger partial charge in [0.15, 0.2) is 11.6 Å². The van der Waals surface area contributed by atoms with Crippen LogP contribution in [0.15, 0.2) is 24.3 Å². The van der Waals surface area contributed by atoms with Crippen LogP contribution >= 0.6 is 0 Å². The summed E-state index contributed by atoms with van der Waals surface area (Å²) < 4.78 is 42.8. The Labute approximate surface area is 108 Å². The van der Waals surface area contributed by atoms with Crippen LogP contribution in [0.4, 0.5) is 13.2 Å². The fourth-order valence-electron chi connectivity index (χ4n) is 2.08. The molecule has 0 fully saturated rings. The highest BCUT2D eigenvalue weighted by atomic mass is 19.3. The first-order chi connectivity index (χ1) is 8.90. The molecule has 0 aliphatic heterocycles. The Morgan fingerprint density at radius 1 is 1.16 bits per heavy atom. The highest BCUT2D eigenvalue weighted by Gasteiger charge is 2.18. The minimum Gasteiger partial charge on any atom is -0.508 e. The molecule has 0 spiro atoms. The van der Waals surface area contributed by atoms with Gasteiger partial charge in [-0.3, -0.25) is 0 Å². The topological polar surface area (TPSA) is 29.5 Å². The standard InChI is InChI=1S/C14H13F3O2/c1-7(2)10-6-9(18)5-8-3-4-11(15)13(12(8)10)19-14(16)17/h3-7,14,18H,1-2H3. The number of rotatable bonds is 3. The number of phenols is 1. The molecular weight excluding hydrogens is 257 g/mol. The third kappa shape index (κ3) is 2.59. The van der Waals surface area contributed by atoms with Gasteiger partial charge >= 0.3 is 6.61 Å². The maximum absolute atomic E-state index is 13.7. The van der Waals surface area contributed by atoms with Gasteiger partial charge in [-0.25, -0.2) is 4.39 Å². The summed E-state index contributed by atoms with van der Waals surface area (Å²) in [5.41, 5.74) is 0.560. The molecule has 19 heavy (non-hydrogen) atoms. The molecular formula is C14H13F3O2. The number of benzene rings is 2. The second kappa shape index (κ2) is 4.99. The van der Waals surface area contributed by atoms with E-state index in [0.29, 0.717) is 10.9 Å². The van der Waals surface area contributed by atoms with Gasteiger partial charge in [0.25, 0.3) is 0 Å². The van der Waals surface area contributed by atoms with Gasteiger partial charge in [0, 0.05) is 5.39 Å². The first-order valence-electron chi connectivity index (χ1n) is 5.80. The number of phenolic OH excluding ortho intramolecular Hbond substituents is 1. The molecule has 0 aliphatic carbocycles. The maximum Gasteiger partial charge on any atom is 0.387 e. The van der Waals surface area contributed by atoms with Crippen LogP contribution in [0, 0.1) is 5.82 Å². The number of alkyl halides is 2. The first-order valence-corrected chi connectivity index (χ1v) is 5.80. The van der Waals surface area contributed by atoms with Gasteiger partial charge < -0.3 is 9.84 Å². The lowest BCUT2D eigenvalue weighted by atomic mass is 9.95. The average molecular weight is 270 g/mol. The zero-order valence-electron chi connectivity index (χ0n) is 10.5. The van der Waals surface area contributed by atoms with Crippen LogP contribution in [-0.2, 0) is 0 Å². The second-order valence-electron chi connectivity index (χ2n) is 4.54. The number of fused-ring (bicyclic) bond motifs is 1. The predicted molar refractivity (Wildman–Crippen MR) is 66.3 cm³/mol. The average Bonchev–Trinajstić information content (AvgIpc) is 2.31.